The van der Waals surface area contributed by atoms with E-state index in [1.807, 2.05) is 0 Å². The third-order valence-corrected chi connectivity index (χ3v) is 2.79. The number of carboxylic acid groups (broad SMARTS) is 1. The van der Waals surface area contributed by atoms with Crippen molar-refractivity contribution in [2.45, 2.75) is 25.0 Å². The zero-order chi connectivity index (χ0) is 17.2. The van der Waals surface area contributed by atoms with Crippen molar-refractivity contribution in [3.63, 3.8) is 0 Å². The summed E-state index contributed by atoms with van der Waals surface area (Å²) in [5.41, 5.74) is 8.22. The molecule has 1 aromatic heterocycles. The monoisotopic (exact) mass is 321 g/mol. The zero-order valence-electron chi connectivity index (χ0n) is 12.2. The van der Waals surface area contributed by atoms with E-state index in [2.05, 4.69) is 20.1 Å². The SMILES string of the molecule is COC(C(=O)NC(CCC(=O)C=[N+]=[N-])C(=O)O)c1ncccn1. The third kappa shape index (κ3) is 5.73. The van der Waals surface area contributed by atoms with Gasteiger partial charge in [-0.05, 0) is 12.5 Å². The van der Waals surface area contributed by atoms with Crippen molar-refractivity contribution in [2.75, 3.05) is 7.11 Å². The standard InChI is InChI=1S/C13H15N5O5/c1-23-10(11-15-5-2-6-16-11)12(20)18-9(13(21)22)4-3-8(19)7-17-14/h2,5-7,9-10H,3-4H2,1H3,(H,18,20)(H,21,22). The molecule has 0 aliphatic rings. The largest absolute Gasteiger partial charge is 0.480 e. The second-order valence-electron chi connectivity index (χ2n) is 4.37. The highest BCUT2D eigenvalue weighted by molar-refractivity contribution is 6.25. The molecular formula is C13H15N5O5. The summed E-state index contributed by atoms with van der Waals surface area (Å²) in [4.78, 5) is 44.8. The minimum atomic E-state index is -1.31. The molecule has 1 aromatic rings. The molecule has 1 amide bonds. The maximum Gasteiger partial charge on any atom is 0.326 e. The average molecular weight is 321 g/mol. The van der Waals surface area contributed by atoms with Crippen LogP contribution in [0.15, 0.2) is 18.5 Å². The van der Waals surface area contributed by atoms with E-state index in [0.29, 0.717) is 6.21 Å². The Morgan fingerprint density at radius 1 is 1.43 bits per heavy atom. The van der Waals surface area contributed by atoms with Gasteiger partial charge in [0.25, 0.3) is 5.91 Å². The van der Waals surface area contributed by atoms with Gasteiger partial charge in [-0.2, -0.15) is 4.79 Å². The van der Waals surface area contributed by atoms with Crippen LogP contribution in [-0.4, -0.2) is 56.9 Å². The quantitative estimate of drug-likeness (QED) is 0.349. The van der Waals surface area contributed by atoms with Crippen molar-refractivity contribution in [3.05, 3.63) is 29.8 Å². The van der Waals surface area contributed by atoms with Gasteiger partial charge in [0.15, 0.2) is 11.9 Å². The normalized spacial score (nSPS) is 12.6. The van der Waals surface area contributed by atoms with Gasteiger partial charge in [0.05, 0.1) is 0 Å². The average Bonchev–Trinajstić information content (AvgIpc) is 2.53. The van der Waals surface area contributed by atoms with E-state index in [9.17, 15) is 14.4 Å². The Labute approximate surface area is 131 Å². The van der Waals surface area contributed by atoms with Crippen LogP contribution < -0.4 is 5.32 Å². The lowest BCUT2D eigenvalue weighted by molar-refractivity contribution is -0.144. The van der Waals surface area contributed by atoms with Crippen molar-refractivity contribution in [2.24, 2.45) is 0 Å². The van der Waals surface area contributed by atoms with Crippen LogP contribution >= 0.6 is 0 Å². The van der Waals surface area contributed by atoms with E-state index in [4.69, 9.17) is 15.4 Å². The number of rotatable bonds is 9. The summed E-state index contributed by atoms with van der Waals surface area (Å²) in [6, 6.07) is 0.252. The third-order valence-electron chi connectivity index (χ3n) is 2.79. The number of carbonyl (C=O) groups is 3. The molecule has 1 rings (SSSR count). The van der Waals surface area contributed by atoms with Crippen LogP contribution in [0.4, 0.5) is 0 Å². The number of amides is 1. The van der Waals surface area contributed by atoms with Crippen molar-refractivity contribution < 1.29 is 29.0 Å². The molecule has 0 saturated heterocycles. The van der Waals surface area contributed by atoms with E-state index in [1.165, 1.54) is 19.5 Å². The van der Waals surface area contributed by atoms with Crippen molar-refractivity contribution in [1.29, 1.82) is 0 Å². The van der Waals surface area contributed by atoms with Gasteiger partial charge in [-0.15, -0.1) is 0 Å². The van der Waals surface area contributed by atoms with Gasteiger partial charge in [-0.1, -0.05) is 0 Å². The molecule has 2 unspecified atom stereocenters. The van der Waals surface area contributed by atoms with Gasteiger partial charge < -0.3 is 20.7 Å². The van der Waals surface area contributed by atoms with E-state index in [0.717, 1.165) is 0 Å². The Bertz CT molecular complexity index is 614. The zero-order valence-corrected chi connectivity index (χ0v) is 12.2. The molecule has 0 saturated carbocycles. The summed E-state index contributed by atoms with van der Waals surface area (Å²) in [5, 5.41) is 11.4. The number of Topliss-reactive ketones (excluding diaryl/α,β-unsaturated/α-hetero) is 1. The number of hydrogen-bond acceptors (Lipinski definition) is 6. The predicted molar refractivity (Wildman–Crippen MR) is 75.3 cm³/mol. The molecular weight excluding hydrogens is 306 g/mol. The number of aromatic nitrogens is 2. The molecule has 0 bridgehead atoms. The molecule has 2 N–H and O–H groups in total. The van der Waals surface area contributed by atoms with Crippen molar-refractivity contribution in [1.82, 2.24) is 15.3 Å². The molecule has 2 atom stereocenters. The molecule has 0 fully saturated rings. The number of methoxy groups -OCH3 is 1. The van der Waals surface area contributed by atoms with Crippen LogP contribution in [0.25, 0.3) is 5.53 Å². The van der Waals surface area contributed by atoms with Gasteiger partial charge in [-0.3, -0.25) is 9.59 Å². The molecule has 0 aromatic carbocycles. The summed E-state index contributed by atoms with van der Waals surface area (Å²) < 4.78 is 4.99. The molecule has 0 radical (unpaired) electrons. The number of carbonyl (C=O) groups excluding carboxylic acids is 2. The van der Waals surface area contributed by atoms with Crippen LogP contribution in [0.3, 0.4) is 0 Å². The Hall–Kier alpha value is -2.97. The van der Waals surface area contributed by atoms with Gasteiger partial charge in [-0.25, -0.2) is 14.8 Å². The van der Waals surface area contributed by atoms with E-state index < -0.39 is 29.8 Å². The second-order valence-corrected chi connectivity index (χ2v) is 4.37. The number of ketones is 1. The van der Waals surface area contributed by atoms with Crippen LogP contribution in [0.2, 0.25) is 0 Å². The van der Waals surface area contributed by atoms with E-state index >= 15 is 0 Å². The highest BCUT2D eigenvalue weighted by atomic mass is 16.5. The fraction of sp³-hybridized carbons (Fsp3) is 0.385. The second kappa shape index (κ2) is 9.13. The molecule has 23 heavy (non-hydrogen) atoms. The van der Waals surface area contributed by atoms with Crippen LogP contribution in [0, 0.1) is 0 Å². The lowest BCUT2D eigenvalue weighted by atomic mass is 10.1. The lowest BCUT2D eigenvalue weighted by Crippen LogP contribution is -2.44. The first kappa shape index (κ1) is 18.1. The molecule has 10 nitrogen and oxygen atoms in total. The summed E-state index contributed by atoms with van der Waals surface area (Å²) in [6.07, 6.45) is 1.95. The summed E-state index contributed by atoms with van der Waals surface area (Å²) >= 11 is 0. The van der Waals surface area contributed by atoms with E-state index in [-0.39, 0.29) is 18.7 Å². The number of ether oxygens (including phenoxy) is 1. The minimum Gasteiger partial charge on any atom is -0.480 e. The molecule has 0 spiro atoms. The number of nitrogens with one attached hydrogen (secondary N) is 1. The Morgan fingerprint density at radius 3 is 2.61 bits per heavy atom. The number of aliphatic carboxylic acids is 1. The molecule has 1 heterocycles. The van der Waals surface area contributed by atoms with Crippen molar-refractivity contribution in [3.8, 4) is 0 Å². The summed E-state index contributed by atoms with van der Waals surface area (Å²) in [5.74, 6) is -2.53. The van der Waals surface area contributed by atoms with Crippen LogP contribution in [0.5, 0.6) is 0 Å². The number of carboxylic acids is 1. The first-order valence-electron chi connectivity index (χ1n) is 6.52. The van der Waals surface area contributed by atoms with Crippen molar-refractivity contribution >= 4 is 23.9 Å². The predicted octanol–water partition coefficient (Wildman–Crippen LogP) is -0.617. The fourth-order valence-corrected chi connectivity index (χ4v) is 1.70. The number of hydrogen-bond donors (Lipinski definition) is 2. The van der Waals surface area contributed by atoms with Gasteiger partial charge in [0.2, 0.25) is 5.78 Å². The Balaban J connectivity index is 2.74. The highest BCUT2D eigenvalue weighted by Gasteiger charge is 2.28. The molecule has 0 aliphatic carbocycles. The Morgan fingerprint density at radius 2 is 2.09 bits per heavy atom. The van der Waals surface area contributed by atoms with Gasteiger partial charge in [0.1, 0.15) is 6.04 Å². The number of nitrogens with zero attached hydrogens (tertiary/aromatic N) is 4. The van der Waals surface area contributed by atoms with Gasteiger partial charge in [0, 0.05) is 25.9 Å². The lowest BCUT2D eigenvalue weighted by Gasteiger charge is -2.18. The molecule has 0 aliphatic heterocycles. The first-order valence-corrected chi connectivity index (χ1v) is 6.52. The van der Waals surface area contributed by atoms with Crippen LogP contribution in [-0.2, 0) is 19.1 Å². The topological polar surface area (TPSA) is 155 Å². The first-order chi connectivity index (χ1) is 11.0. The minimum absolute atomic E-state index is 0.0835. The molecule has 122 valence electrons. The maximum atomic E-state index is 12.1. The fourth-order valence-electron chi connectivity index (χ4n) is 1.70. The van der Waals surface area contributed by atoms with E-state index in [1.54, 1.807) is 6.07 Å². The summed E-state index contributed by atoms with van der Waals surface area (Å²) in [7, 11) is 1.26. The van der Waals surface area contributed by atoms with Crippen LogP contribution in [0.1, 0.15) is 24.8 Å². The highest BCUT2D eigenvalue weighted by Crippen LogP contribution is 2.12. The Kier molecular flexibility index (Phi) is 7.18. The summed E-state index contributed by atoms with van der Waals surface area (Å²) in [6.45, 7) is 0. The molecule has 10 heteroatoms. The smallest absolute Gasteiger partial charge is 0.326 e. The van der Waals surface area contributed by atoms with Gasteiger partial charge >= 0.3 is 12.2 Å². The maximum absolute atomic E-state index is 12.1.